The Morgan fingerprint density at radius 2 is 2.00 bits per heavy atom. The minimum atomic E-state index is 0.0872. The third kappa shape index (κ3) is 4.56. The van der Waals surface area contributed by atoms with Crippen LogP contribution >= 0.6 is 0 Å². The Morgan fingerprint density at radius 3 is 2.70 bits per heavy atom. The molecule has 0 radical (unpaired) electrons. The molecule has 2 aromatic rings. The summed E-state index contributed by atoms with van der Waals surface area (Å²) in [6.45, 7) is 10.3. The van der Waals surface area contributed by atoms with Gasteiger partial charge in [0, 0.05) is 24.3 Å². The number of nitrogens with one attached hydrogen (secondary N) is 1. The van der Waals surface area contributed by atoms with Crippen LogP contribution in [0.1, 0.15) is 29.4 Å². The van der Waals surface area contributed by atoms with Crippen LogP contribution < -0.4 is 10.1 Å². The maximum Gasteiger partial charge on any atom is 0.122 e. The molecule has 0 aliphatic heterocycles. The summed E-state index contributed by atoms with van der Waals surface area (Å²) in [5, 5.41) is 17.0. The predicted molar refractivity (Wildman–Crippen MR) is 91.8 cm³/mol. The molecule has 1 heterocycles. The van der Waals surface area contributed by atoms with Gasteiger partial charge >= 0.3 is 0 Å². The van der Waals surface area contributed by atoms with E-state index in [1.54, 1.807) is 0 Å². The van der Waals surface area contributed by atoms with E-state index < -0.39 is 0 Å². The van der Waals surface area contributed by atoms with Crippen LogP contribution in [0.15, 0.2) is 24.3 Å². The van der Waals surface area contributed by atoms with Gasteiger partial charge in [-0.2, -0.15) is 5.10 Å². The summed E-state index contributed by atoms with van der Waals surface area (Å²) in [5.41, 5.74) is 4.46. The van der Waals surface area contributed by atoms with E-state index in [9.17, 15) is 0 Å². The second-order valence-electron chi connectivity index (χ2n) is 5.92. The van der Waals surface area contributed by atoms with Crippen LogP contribution in [0.25, 0.3) is 0 Å². The number of benzene rings is 1. The molecule has 23 heavy (non-hydrogen) atoms. The number of hydrogen-bond donors (Lipinski definition) is 2. The highest BCUT2D eigenvalue weighted by atomic mass is 16.5. The van der Waals surface area contributed by atoms with Crippen molar-refractivity contribution < 1.29 is 9.84 Å². The Morgan fingerprint density at radius 1 is 1.26 bits per heavy atom. The van der Waals surface area contributed by atoms with Gasteiger partial charge in [-0.3, -0.25) is 4.68 Å². The third-order valence-electron chi connectivity index (χ3n) is 4.00. The number of nitrogens with zero attached hydrogens (tertiary/aromatic N) is 2. The first-order chi connectivity index (χ1) is 11.0. The molecule has 5 nitrogen and oxygen atoms in total. The number of para-hydroxylation sites is 1. The lowest BCUT2D eigenvalue weighted by Gasteiger charge is -2.17. The molecule has 0 aliphatic rings. The van der Waals surface area contributed by atoms with Gasteiger partial charge in [0.2, 0.25) is 0 Å². The summed E-state index contributed by atoms with van der Waals surface area (Å²) in [5.74, 6) is 0.935. The van der Waals surface area contributed by atoms with E-state index in [-0.39, 0.29) is 12.7 Å². The Balaban J connectivity index is 1.86. The Bertz CT molecular complexity index is 637. The summed E-state index contributed by atoms with van der Waals surface area (Å²) in [7, 11) is 0. The average Bonchev–Trinajstić information content (AvgIpc) is 2.77. The summed E-state index contributed by atoms with van der Waals surface area (Å²) < 4.78 is 7.83. The van der Waals surface area contributed by atoms with Gasteiger partial charge < -0.3 is 15.2 Å². The highest BCUT2D eigenvalue weighted by Crippen LogP contribution is 2.17. The van der Waals surface area contributed by atoms with Crippen LogP contribution in [0.2, 0.25) is 0 Å². The van der Waals surface area contributed by atoms with Gasteiger partial charge in [-0.05, 0) is 39.3 Å². The van der Waals surface area contributed by atoms with Crippen molar-refractivity contribution in [1.82, 2.24) is 15.1 Å². The fraction of sp³-hybridized carbons (Fsp3) is 0.500. The lowest BCUT2D eigenvalue weighted by Crippen LogP contribution is -2.29. The number of aryl methyl sites for hydroxylation is 2. The molecule has 0 bridgehead atoms. The maximum atomic E-state index is 9.06. The van der Waals surface area contributed by atoms with Crippen LogP contribution in [0.5, 0.6) is 5.75 Å². The van der Waals surface area contributed by atoms with Crippen molar-refractivity contribution in [1.29, 1.82) is 0 Å². The molecule has 1 unspecified atom stereocenters. The zero-order chi connectivity index (χ0) is 16.8. The largest absolute Gasteiger partial charge is 0.489 e. The summed E-state index contributed by atoms with van der Waals surface area (Å²) >= 11 is 0. The maximum absolute atomic E-state index is 9.06. The minimum absolute atomic E-state index is 0.0872. The van der Waals surface area contributed by atoms with Crippen LogP contribution in [-0.4, -0.2) is 34.1 Å². The first kappa shape index (κ1) is 17.5. The van der Waals surface area contributed by atoms with E-state index in [4.69, 9.17) is 9.84 Å². The van der Waals surface area contributed by atoms with E-state index in [1.165, 1.54) is 5.56 Å². The monoisotopic (exact) mass is 317 g/mol. The van der Waals surface area contributed by atoms with Gasteiger partial charge in [0.1, 0.15) is 11.9 Å². The smallest absolute Gasteiger partial charge is 0.122 e. The number of hydrogen-bond acceptors (Lipinski definition) is 4. The van der Waals surface area contributed by atoms with Crippen LogP contribution in [0, 0.1) is 20.8 Å². The van der Waals surface area contributed by atoms with Gasteiger partial charge in [-0.25, -0.2) is 0 Å². The molecule has 0 fully saturated rings. The Labute approximate surface area is 138 Å². The molecular weight excluding hydrogens is 290 g/mol. The topological polar surface area (TPSA) is 59.3 Å². The molecule has 0 saturated carbocycles. The third-order valence-corrected chi connectivity index (χ3v) is 4.00. The van der Waals surface area contributed by atoms with E-state index in [0.29, 0.717) is 6.54 Å². The van der Waals surface area contributed by atoms with Crippen molar-refractivity contribution in [2.75, 3.05) is 13.2 Å². The molecule has 1 atom stereocenters. The molecule has 0 aliphatic carbocycles. The zero-order valence-corrected chi connectivity index (χ0v) is 14.5. The highest BCUT2D eigenvalue weighted by Gasteiger charge is 2.12. The highest BCUT2D eigenvalue weighted by molar-refractivity contribution is 5.32. The minimum Gasteiger partial charge on any atom is -0.489 e. The SMILES string of the molecule is Cc1ccccc1OC(C)CNCc1c(C)nn(CCO)c1C. The van der Waals surface area contributed by atoms with Crippen molar-refractivity contribution in [3.63, 3.8) is 0 Å². The lowest BCUT2D eigenvalue weighted by atomic mass is 10.2. The number of aromatic nitrogens is 2. The summed E-state index contributed by atoms with van der Waals surface area (Å²) in [6, 6.07) is 8.06. The van der Waals surface area contributed by atoms with Crippen molar-refractivity contribution >= 4 is 0 Å². The van der Waals surface area contributed by atoms with Gasteiger partial charge in [0.25, 0.3) is 0 Å². The normalized spacial score (nSPS) is 12.4. The van der Waals surface area contributed by atoms with Crippen molar-refractivity contribution in [2.24, 2.45) is 0 Å². The molecule has 1 aromatic carbocycles. The van der Waals surface area contributed by atoms with Crippen LogP contribution in [0.3, 0.4) is 0 Å². The first-order valence-corrected chi connectivity index (χ1v) is 8.09. The van der Waals surface area contributed by atoms with Gasteiger partial charge in [-0.15, -0.1) is 0 Å². The average molecular weight is 317 g/mol. The second kappa shape index (κ2) is 8.13. The standard InChI is InChI=1S/C18H27N3O2/c1-13-7-5-6-8-18(13)23-14(2)11-19-12-17-15(3)20-21(9-10-22)16(17)4/h5-8,14,19,22H,9-12H2,1-4H3. The van der Waals surface area contributed by atoms with E-state index in [0.717, 1.165) is 35.8 Å². The van der Waals surface area contributed by atoms with Crippen LogP contribution in [0.4, 0.5) is 0 Å². The molecule has 0 spiro atoms. The fourth-order valence-electron chi connectivity index (χ4n) is 2.65. The molecule has 2 rings (SSSR count). The van der Waals surface area contributed by atoms with E-state index in [2.05, 4.69) is 30.3 Å². The molecule has 0 saturated heterocycles. The fourth-order valence-corrected chi connectivity index (χ4v) is 2.65. The predicted octanol–water partition coefficient (Wildman–Crippen LogP) is 2.36. The molecule has 1 aromatic heterocycles. The van der Waals surface area contributed by atoms with Gasteiger partial charge in [-0.1, -0.05) is 18.2 Å². The summed E-state index contributed by atoms with van der Waals surface area (Å²) in [4.78, 5) is 0. The van der Waals surface area contributed by atoms with Crippen molar-refractivity contribution in [2.45, 2.75) is 46.9 Å². The number of ether oxygens (including phenoxy) is 1. The Hall–Kier alpha value is -1.85. The van der Waals surface area contributed by atoms with E-state index in [1.807, 2.05) is 36.7 Å². The van der Waals surface area contributed by atoms with E-state index >= 15 is 0 Å². The molecule has 126 valence electrons. The number of aliphatic hydroxyl groups excluding tert-OH is 1. The molecule has 2 N–H and O–H groups in total. The van der Waals surface area contributed by atoms with Gasteiger partial charge in [0.05, 0.1) is 18.8 Å². The van der Waals surface area contributed by atoms with Crippen molar-refractivity contribution in [3.8, 4) is 5.75 Å². The van der Waals surface area contributed by atoms with Crippen molar-refractivity contribution in [3.05, 3.63) is 46.8 Å². The number of aliphatic hydroxyl groups is 1. The second-order valence-corrected chi connectivity index (χ2v) is 5.92. The molecule has 0 amide bonds. The first-order valence-electron chi connectivity index (χ1n) is 8.09. The zero-order valence-electron chi connectivity index (χ0n) is 14.5. The van der Waals surface area contributed by atoms with Crippen LogP contribution in [-0.2, 0) is 13.1 Å². The number of rotatable bonds is 8. The summed E-state index contributed by atoms with van der Waals surface area (Å²) in [6.07, 6.45) is 0.0872. The quantitative estimate of drug-likeness (QED) is 0.785. The molecular formula is C18H27N3O2. The molecule has 5 heteroatoms. The lowest BCUT2D eigenvalue weighted by molar-refractivity contribution is 0.215. The Kier molecular flexibility index (Phi) is 6.19. The van der Waals surface area contributed by atoms with Gasteiger partial charge in [0.15, 0.2) is 0 Å².